The molecule has 0 saturated heterocycles. The highest BCUT2D eigenvalue weighted by Gasteiger charge is 2.25. The van der Waals surface area contributed by atoms with E-state index in [1.165, 1.54) is 38.5 Å². The van der Waals surface area contributed by atoms with Crippen molar-refractivity contribution >= 4 is 0 Å². The summed E-state index contributed by atoms with van der Waals surface area (Å²) in [4.78, 5) is 8.93. The third-order valence-corrected chi connectivity index (χ3v) is 3.85. The van der Waals surface area contributed by atoms with Gasteiger partial charge in [-0.2, -0.15) is 0 Å². The molecule has 1 aromatic heterocycles. The molecule has 0 radical (unpaired) electrons. The molecule has 1 atom stereocenters. The van der Waals surface area contributed by atoms with Crippen molar-refractivity contribution in [2.45, 2.75) is 57.9 Å². The Morgan fingerprint density at radius 3 is 2.44 bits per heavy atom. The monoisotopic (exact) mass is 247 g/mol. The molecule has 100 valence electrons. The first-order valence-corrected chi connectivity index (χ1v) is 7.42. The van der Waals surface area contributed by atoms with Crippen molar-refractivity contribution in [3.05, 3.63) is 24.3 Å². The van der Waals surface area contributed by atoms with Crippen molar-refractivity contribution < 1.29 is 0 Å². The van der Waals surface area contributed by atoms with Gasteiger partial charge in [-0.25, -0.2) is 9.97 Å². The second-order valence-electron chi connectivity index (χ2n) is 5.29. The standard InChI is InChI=1S/C15H25N3/c1-2-10-16-14(15-17-11-7-12-18-15)13-8-5-3-4-6-9-13/h7,11-14,16H,2-6,8-10H2,1H3. The fraction of sp³-hybridized carbons (Fsp3) is 0.733. The van der Waals surface area contributed by atoms with E-state index < -0.39 is 0 Å². The zero-order chi connectivity index (χ0) is 12.6. The van der Waals surface area contributed by atoms with Crippen LogP contribution in [0.15, 0.2) is 18.5 Å². The summed E-state index contributed by atoms with van der Waals surface area (Å²) in [5.41, 5.74) is 0. The van der Waals surface area contributed by atoms with Crippen LogP contribution in [0.4, 0.5) is 0 Å². The molecule has 3 nitrogen and oxygen atoms in total. The van der Waals surface area contributed by atoms with Crippen LogP contribution in [0.1, 0.15) is 63.7 Å². The third kappa shape index (κ3) is 3.77. The molecule has 0 aliphatic heterocycles. The zero-order valence-corrected chi connectivity index (χ0v) is 11.4. The van der Waals surface area contributed by atoms with Gasteiger partial charge in [0.1, 0.15) is 5.82 Å². The maximum atomic E-state index is 4.46. The van der Waals surface area contributed by atoms with E-state index in [4.69, 9.17) is 0 Å². The molecule has 1 aliphatic carbocycles. The molecular formula is C15H25N3. The SMILES string of the molecule is CCCNC(c1ncccn1)C1CCCCCC1. The van der Waals surface area contributed by atoms with Gasteiger partial charge in [0.05, 0.1) is 6.04 Å². The molecule has 18 heavy (non-hydrogen) atoms. The minimum Gasteiger partial charge on any atom is -0.307 e. The molecule has 1 N–H and O–H groups in total. The molecule has 1 heterocycles. The molecule has 1 fully saturated rings. The molecule has 1 aromatic rings. The minimum atomic E-state index is 0.351. The summed E-state index contributed by atoms with van der Waals surface area (Å²) in [5, 5.41) is 3.66. The van der Waals surface area contributed by atoms with Crippen molar-refractivity contribution in [2.24, 2.45) is 5.92 Å². The number of hydrogen-bond acceptors (Lipinski definition) is 3. The minimum absolute atomic E-state index is 0.351. The van der Waals surface area contributed by atoms with Crippen LogP contribution in [-0.2, 0) is 0 Å². The lowest BCUT2D eigenvalue weighted by Crippen LogP contribution is -2.30. The van der Waals surface area contributed by atoms with E-state index in [0.29, 0.717) is 12.0 Å². The average molecular weight is 247 g/mol. The van der Waals surface area contributed by atoms with E-state index in [1.54, 1.807) is 0 Å². The van der Waals surface area contributed by atoms with Crippen LogP contribution < -0.4 is 5.32 Å². The maximum absolute atomic E-state index is 4.46. The molecular weight excluding hydrogens is 222 g/mol. The predicted molar refractivity (Wildman–Crippen MR) is 74.3 cm³/mol. The van der Waals surface area contributed by atoms with E-state index in [0.717, 1.165) is 18.8 Å². The lowest BCUT2D eigenvalue weighted by Gasteiger charge is -2.26. The summed E-state index contributed by atoms with van der Waals surface area (Å²) >= 11 is 0. The Kier molecular flexibility index (Phi) is 5.59. The first-order valence-electron chi connectivity index (χ1n) is 7.42. The fourth-order valence-corrected chi connectivity index (χ4v) is 2.88. The Hall–Kier alpha value is -0.960. The lowest BCUT2D eigenvalue weighted by molar-refractivity contribution is 0.314. The summed E-state index contributed by atoms with van der Waals surface area (Å²) < 4.78 is 0. The Bertz CT molecular complexity index is 318. The van der Waals surface area contributed by atoms with Crippen molar-refractivity contribution in [1.82, 2.24) is 15.3 Å². The molecule has 3 heteroatoms. The topological polar surface area (TPSA) is 37.8 Å². The fourth-order valence-electron chi connectivity index (χ4n) is 2.88. The van der Waals surface area contributed by atoms with E-state index in [1.807, 2.05) is 18.5 Å². The van der Waals surface area contributed by atoms with Crippen LogP contribution in [0.25, 0.3) is 0 Å². The van der Waals surface area contributed by atoms with Gasteiger partial charge in [0.15, 0.2) is 0 Å². The van der Waals surface area contributed by atoms with Gasteiger partial charge in [0.25, 0.3) is 0 Å². The molecule has 0 amide bonds. The van der Waals surface area contributed by atoms with Crippen molar-refractivity contribution in [1.29, 1.82) is 0 Å². The first-order chi connectivity index (χ1) is 8.92. The number of aromatic nitrogens is 2. The van der Waals surface area contributed by atoms with Crippen LogP contribution in [0, 0.1) is 5.92 Å². The van der Waals surface area contributed by atoms with E-state index in [-0.39, 0.29) is 0 Å². The summed E-state index contributed by atoms with van der Waals surface area (Å²) in [7, 11) is 0. The smallest absolute Gasteiger partial charge is 0.145 e. The second-order valence-corrected chi connectivity index (χ2v) is 5.29. The van der Waals surface area contributed by atoms with Gasteiger partial charge in [-0.15, -0.1) is 0 Å². The summed E-state index contributed by atoms with van der Waals surface area (Å²) in [6.07, 6.45) is 13.0. The van der Waals surface area contributed by atoms with Crippen LogP contribution in [0.3, 0.4) is 0 Å². The van der Waals surface area contributed by atoms with Gasteiger partial charge in [-0.05, 0) is 37.8 Å². The third-order valence-electron chi connectivity index (χ3n) is 3.85. The van der Waals surface area contributed by atoms with Crippen LogP contribution in [0.2, 0.25) is 0 Å². The van der Waals surface area contributed by atoms with Crippen molar-refractivity contribution in [3.63, 3.8) is 0 Å². The molecule has 1 unspecified atom stereocenters. The average Bonchev–Trinajstić information content (AvgIpc) is 2.70. The molecule has 0 spiro atoms. The Labute approximate surface area is 110 Å². The van der Waals surface area contributed by atoms with Crippen molar-refractivity contribution in [2.75, 3.05) is 6.54 Å². The van der Waals surface area contributed by atoms with E-state index in [2.05, 4.69) is 22.2 Å². The Morgan fingerprint density at radius 2 is 1.83 bits per heavy atom. The Balaban J connectivity index is 2.08. The lowest BCUT2D eigenvalue weighted by atomic mass is 9.91. The van der Waals surface area contributed by atoms with Gasteiger partial charge in [-0.1, -0.05) is 32.6 Å². The predicted octanol–water partition coefficient (Wildman–Crippen LogP) is 3.49. The van der Waals surface area contributed by atoms with Gasteiger partial charge < -0.3 is 5.32 Å². The maximum Gasteiger partial charge on any atom is 0.145 e. The second kappa shape index (κ2) is 7.47. The highest BCUT2D eigenvalue weighted by atomic mass is 15.0. The number of rotatable bonds is 5. The molecule has 1 saturated carbocycles. The number of nitrogens with zero attached hydrogens (tertiary/aromatic N) is 2. The Morgan fingerprint density at radius 1 is 1.17 bits per heavy atom. The molecule has 2 rings (SSSR count). The zero-order valence-electron chi connectivity index (χ0n) is 11.4. The normalized spacial score (nSPS) is 19.4. The van der Waals surface area contributed by atoms with Gasteiger partial charge in [0, 0.05) is 12.4 Å². The van der Waals surface area contributed by atoms with Crippen molar-refractivity contribution in [3.8, 4) is 0 Å². The summed E-state index contributed by atoms with van der Waals surface area (Å²) in [6.45, 7) is 3.27. The highest BCUT2D eigenvalue weighted by molar-refractivity contribution is 4.98. The quantitative estimate of drug-likeness (QED) is 0.809. The summed E-state index contributed by atoms with van der Waals surface area (Å²) in [5.74, 6) is 1.69. The van der Waals surface area contributed by atoms with E-state index in [9.17, 15) is 0 Å². The van der Waals surface area contributed by atoms with E-state index >= 15 is 0 Å². The van der Waals surface area contributed by atoms with Gasteiger partial charge in [0.2, 0.25) is 0 Å². The van der Waals surface area contributed by atoms with Crippen LogP contribution in [0.5, 0.6) is 0 Å². The number of nitrogens with one attached hydrogen (secondary N) is 1. The molecule has 0 bridgehead atoms. The summed E-state index contributed by atoms with van der Waals surface area (Å²) in [6, 6.07) is 2.25. The molecule has 1 aliphatic rings. The molecule has 0 aromatic carbocycles. The van der Waals surface area contributed by atoms with Gasteiger partial charge >= 0.3 is 0 Å². The van der Waals surface area contributed by atoms with Crippen LogP contribution >= 0.6 is 0 Å². The van der Waals surface area contributed by atoms with Gasteiger partial charge in [-0.3, -0.25) is 0 Å². The first kappa shape index (κ1) is 13.5. The largest absolute Gasteiger partial charge is 0.307 e. The number of hydrogen-bond donors (Lipinski definition) is 1. The van der Waals surface area contributed by atoms with Crippen LogP contribution in [-0.4, -0.2) is 16.5 Å². The highest BCUT2D eigenvalue weighted by Crippen LogP contribution is 2.32.